The maximum atomic E-state index is 11.1. The van der Waals surface area contributed by atoms with Crippen molar-refractivity contribution in [2.75, 3.05) is 6.54 Å². The van der Waals surface area contributed by atoms with E-state index in [4.69, 9.17) is 10.2 Å². The van der Waals surface area contributed by atoms with Gasteiger partial charge in [0.05, 0.1) is 5.92 Å². The maximum absolute atomic E-state index is 11.1. The molecule has 0 fully saturated rings. The van der Waals surface area contributed by atoms with Gasteiger partial charge < -0.3 is 10.2 Å². The van der Waals surface area contributed by atoms with Gasteiger partial charge in [-0.15, -0.1) is 0 Å². The summed E-state index contributed by atoms with van der Waals surface area (Å²) >= 11 is 0. The van der Waals surface area contributed by atoms with E-state index in [0.29, 0.717) is 0 Å². The molecule has 1 unspecified atom stereocenters. The molecule has 0 radical (unpaired) electrons. The summed E-state index contributed by atoms with van der Waals surface area (Å²) < 4.78 is 0. The number of aliphatic carboxylic acids is 2. The van der Waals surface area contributed by atoms with Gasteiger partial charge in [-0.2, -0.15) is 0 Å². The lowest BCUT2D eigenvalue weighted by molar-refractivity contribution is -0.141. The zero-order valence-electron chi connectivity index (χ0n) is 10.5. The first-order valence-corrected chi connectivity index (χ1v) is 5.83. The van der Waals surface area contributed by atoms with Gasteiger partial charge in [-0.25, -0.2) is 5.43 Å². The molecule has 1 aromatic rings. The van der Waals surface area contributed by atoms with Crippen molar-refractivity contribution in [2.45, 2.75) is 19.4 Å². The van der Waals surface area contributed by atoms with Crippen LogP contribution in [0.15, 0.2) is 24.5 Å². The molecule has 0 aliphatic rings. The van der Waals surface area contributed by atoms with Crippen molar-refractivity contribution < 1.29 is 19.8 Å². The highest BCUT2D eigenvalue weighted by Crippen LogP contribution is 2.01. The average Bonchev–Trinajstić information content (AvgIpc) is 2.38. The van der Waals surface area contributed by atoms with Crippen LogP contribution in [0.3, 0.4) is 0 Å². The molecule has 19 heavy (non-hydrogen) atoms. The molecule has 1 aromatic heterocycles. The molecule has 1 heterocycles. The summed E-state index contributed by atoms with van der Waals surface area (Å²) in [6, 6.07) is 2.64. The van der Waals surface area contributed by atoms with Crippen LogP contribution in [0.1, 0.15) is 12.5 Å². The van der Waals surface area contributed by atoms with Gasteiger partial charge in [0.15, 0.2) is 0 Å². The third-order valence-electron chi connectivity index (χ3n) is 2.59. The number of pyridine rings is 1. The molecule has 4 N–H and O–H groups in total. The van der Waals surface area contributed by atoms with Crippen LogP contribution in [0, 0.1) is 5.92 Å². The van der Waals surface area contributed by atoms with Crippen molar-refractivity contribution in [3.63, 3.8) is 0 Å². The number of carboxylic acid groups (broad SMARTS) is 2. The van der Waals surface area contributed by atoms with E-state index in [1.165, 1.54) is 6.92 Å². The van der Waals surface area contributed by atoms with E-state index in [1.807, 2.05) is 0 Å². The summed E-state index contributed by atoms with van der Waals surface area (Å²) in [5, 5.41) is 17.8. The molecule has 0 bridgehead atoms. The fourth-order valence-corrected chi connectivity index (χ4v) is 1.38. The van der Waals surface area contributed by atoms with Crippen molar-refractivity contribution in [3.8, 4) is 0 Å². The molecule has 0 spiro atoms. The first-order chi connectivity index (χ1) is 9.00. The second-order valence-electron chi connectivity index (χ2n) is 4.21. The lowest BCUT2D eigenvalue weighted by atomic mass is 10.1. The molecule has 0 saturated heterocycles. The lowest BCUT2D eigenvalue weighted by Gasteiger charge is -2.16. The number of aromatic nitrogens is 1. The molecular weight excluding hydrogens is 250 g/mol. The summed E-state index contributed by atoms with van der Waals surface area (Å²) in [4.78, 5) is 25.5. The van der Waals surface area contributed by atoms with Crippen LogP contribution in [0.2, 0.25) is 0 Å². The molecular formula is C12H17N3O4. The van der Waals surface area contributed by atoms with Crippen molar-refractivity contribution in [1.29, 1.82) is 0 Å². The summed E-state index contributed by atoms with van der Waals surface area (Å²) in [6.07, 6.45) is 3.47. The number of hydrazine groups is 1. The highest BCUT2D eigenvalue weighted by Gasteiger charge is 2.18. The Hall–Kier alpha value is -1.99. The standard InChI is InChI=1S/C12H17N3O4/c1-8(11(16)17)7-14-15-10(12(18)19)6-9-2-4-13-5-3-9/h2-5,8,10,14-15H,6-7H2,1H3,(H,16,17)(H,18,19)/t8?,10-/m0/s1. The second kappa shape index (κ2) is 7.45. The van der Waals surface area contributed by atoms with E-state index >= 15 is 0 Å². The number of hydrogen-bond acceptors (Lipinski definition) is 5. The lowest BCUT2D eigenvalue weighted by Crippen LogP contribution is -2.48. The van der Waals surface area contributed by atoms with Gasteiger partial charge in [0.25, 0.3) is 0 Å². The average molecular weight is 267 g/mol. The maximum Gasteiger partial charge on any atom is 0.322 e. The molecule has 1 rings (SSSR count). The van der Waals surface area contributed by atoms with E-state index in [0.717, 1.165) is 5.56 Å². The van der Waals surface area contributed by atoms with Crippen molar-refractivity contribution in [2.24, 2.45) is 5.92 Å². The Kier molecular flexibility index (Phi) is 5.91. The number of nitrogens with zero attached hydrogens (tertiary/aromatic N) is 1. The predicted molar refractivity (Wildman–Crippen MR) is 67.3 cm³/mol. The monoisotopic (exact) mass is 267 g/mol. The highest BCUT2D eigenvalue weighted by atomic mass is 16.4. The normalized spacial score (nSPS) is 13.7. The van der Waals surface area contributed by atoms with Crippen LogP contribution in [0.4, 0.5) is 0 Å². The Bertz CT molecular complexity index is 424. The molecule has 0 aliphatic heterocycles. The molecule has 0 aliphatic carbocycles. The Morgan fingerprint density at radius 3 is 2.42 bits per heavy atom. The third kappa shape index (κ3) is 5.45. The van der Waals surface area contributed by atoms with E-state index in [1.54, 1.807) is 24.5 Å². The minimum Gasteiger partial charge on any atom is -0.481 e. The summed E-state index contributed by atoms with van der Waals surface area (Å²) in [5.41, 5.74) is 6.10. The van der Waals surface area contributed by atoms with Crippen molar-refractivity contribution >= 4 is 11.9 Å². The zero-order chi connectivity index (χ0) is 14.3. The number of carboxylic acids is 2. The number of carbonyl (C=O) groups is 2. The van der Waals surface area contributed by atoms with Gasteiger partial charge in [-0.1, -0.05) is 6.92 Å². The van der Waals surface area contributed by atoms with Crippen LogP contribution >= 0.6 is 0 Å². The Morgan fingerprint density at radius 2 is 1.89 bits per heavy atom. The molecule has 7 heteroatoms. The first-order valence-electron chi connectivity index (χ1n) is 5.83. The van der Waals surface area contributed by atoms with Crippen LogP contribution < -0.4 is 10.9 Å². The quantitative estimate of drug-likeness (QED) is 0.486. The first kappa shape index (κ1) is 15.1. The van der Waals surface area contributed by atoms with E-state index < -0.39 is 23.9 Å². The van der Waals surface area contributed by atoms with E-state index in [9.17, 15) is 9.59 Å². The van der Waals surface area contributed by atoms with Gasteiger partial charge in [0.1, 0.15) is 6.04 Å². The van der Waals surface area contributed by atoms with Crippen LogP contribution in [0.25, 0.3) is 0 Å². The molecule has 104 valence electrons. The Morgan fingerprint density at radius 1 is 1.26 bits per heavy atom. The van der Waals surface area contributed by atoms with Gasteiger partial charge in [0.2, 0.25) is 0 Å². The van der Waals surface area contributed by atoms with Gasteiger partial charge >= 0.3 is 11.9 Å². The number of hydrogen-bond donors (Lipinski definition) is 4. The highest BCUT2D eigenvalue weighted by molar-refractivity contribution is 5.73. The third-order valence-corrected chi connectivity index (χ3v) is 2.59. The van der Waals surface area contributed by atoms with Crippen LogP contribution in [-0.2, 0) is 16.0 Å². The summed E-state index contributed by atoms with van der Waals surface area (Å²) in [5.74, 6) is -2.54. The molecule has 0 saturated carbocycles. The minimum atomic E-state index is -1.01. The largest absolute Gasteiger partial charge is 0.481 e. The summed E-state index contributed by atoms with van der Waals surface area (Å²) in [6.45, 7) is 1.69. The fraction of sp³-hybridized carbons (Fsp3) is 0.417. The molecule has 0 amide bonds. The SMILES string of the molecule is CC(CNN[C@@H](Cc1ccncc1)C(=O)O)C(=O)O. The zero-order valence-corrected chi connectivity index (χ0v) is 10.5. The van der Waals surface area contributed by atoms with Gasteiger partial charge in [0, 0.05) is 18.9 Å². The summed E-state index contributed by atoms with van der Waals surface area (Å²) in [7, 11) is 0. The Labute approximate surface area is 110 Å². The molecule has 7 nitrogen and oxygen atoms in total. The van der Waals surface area contributed by atoms with E-state index in [-0.39, 0.29) is 13.0 Å². The Balaban J connectivity index is 2.46. The van der Waals surface area contributed by atoms with Crippen molar-refractivity contribution in [3.05, 3.63) is 30.1 Å². The molecule has 2 atom stereocenters. The predicted octanol–water partition coefficient (Wildman–Crippen LogP) is -0.108. The van der Waals surface area contributed by atoms with E-state index in [2.05, 4.69) is 15.8 Å². The fourth-order valence-electron chi connectivity index (χ4n) is 1.38. The number of rotatable bonds is 8. The van der Waals surface area contributed by atoms with Gasteiger partial charge in [-0.3, -0.25) is 20.0 Å². The van der Waals surface area contributed by atoms with Gasteiger partial charge in [-0.05, 0) is 24.1 Å². The smallest absolute Gasteiger partial charge is 0.322 e. The topological polar surface area (TPSA) is 112 Å². The minimum absolute atomic E-state index is 0.148. The number of nitrogens with one attached hydrogen (secondary N) is 2. The molecule has 0 aromatic carbocycles. The van der Waals surface area contributed by atoms with Crippen LogP contribution in [-0.4, -0.2) is 39.7 Å². The van der Waals surface area contributed by atoms with Crippen molar-refractivity contribution in [1.82, 2.24) is 15.8 Å². The second-order valence-corrected chi connectivity index (χ2v) is 4.21. The van der Waals surface area contributed by atoms with Crippen LogP contribution in [0.5, 0.6) is 0 Å².